The maximum atomic E-state index is 13.1. The molecule has 8 unspecified atom stereocenters. The van der Waals surface area contributed by atoms with Crippen LogP contribution < -0.4 is 10.5 Å². The van der Waals surface area contributed by atoms with E-state index in [0.717, 1.165) is 38.5 Å². The van der Waals surface area contributed by atoms with E-state index in [4.69, 9.17) is 37.8 Å². The third kappa shape index (κ3) is 6.45. The third-order valence-electron chi connectivity index (χ3n) is 6.82. The lowest BCUT2D eigenvalue weighted by Gasteiger charge is -2.40. The SMILES string of the molecule is COC1CC(Cl)CCC1OC1CC(Cl)CCC1C(=O)NC1CCCC(S(N)(=O)=O)C1. The number of sulfonamides is 1. The second kappa shape index (κ2) is 10.7. The van der Waals surface area contributed by atoms with Crippen LogP contribution >= 0.6 is 23.2 Å². The fraction of sp³-hybridized carbons (Fsp3) is 0.950. The molecule has 3 fully saturated rings. The van der Waals surface area contributed by atoms with E-state index in [1.54, 1.807) is 7.11 Å². The summed E-state index contributed by atoms with van der Waals surface area (Å²) in [4.78, 5) is 13.1. The minimum Gasteiger partial charge on any atom is -0.379 e. The molecule has 0 saturated heterocycles. The molecule has 10 heteroatoms. The first-order valence-corrected chi connectivity index (χ1v) is 13.4. The normalized spacial score (nSPS) is 40.7. The number of carbonyl (C=O) groups excluding carboxylic acids is 1. The van der Waals surface area contributed by atoms with Crippen molar-refractivity contribution < 1.29 is 22.7 Å². The number of nitrogens with two attached hydrogens (primary N) is 1. The maximum Gasteiger partial charge on any atom is 0.225 e. The van der Waals surface area contributed by atoms with Crippen molar-refractivity contribution in [1.82, 2.24) is 5.32 Å². The molecule has 0 radical (unpaired) electrons. The molecule has 7 nitrogen and oxygen atoms in total. The van der Waals surface area contributed by atoms with Crippen molar-refractivity contribution in [3.8, 4) is 0 Å². The number of rotatable bonds is 6. The molecule has 0 heterocycles. The summed E-state index contributed by atoms with van der Waals surface area (Å²) in [5.74, 6) is -0.385. The number of primary sulfonamides is 1. The molecule has 0 aliphatic heterocycles. The summed E-state index contributed by atoms with van der Waals surface area (Å²) in [5, 5.41) is 7.87. The Bertz CT molecular complexity index is 695. The summed E-state index contributed by atoms with van der Waals surface area (Å²) < 4.78 is 35.4. The zero-order chi connectivity index (χ0) is 21.9. The van der Waals surface area contributed by atoms with Gasteiger partial charge in [-0.25, -0.2) is 13.6 Å². The molecule has 3 aliphatic carbocycles. The van der Waals surface area contributed by atoms with E-state index in [1.807, 2.05) is 0 Å². The van der Waals surface area contributed by atoms with Crippen LogP contribution in [0.1, 0.15) is 64.2 Å². The van der Waals surface area contributed by atoms with Crippen LogP contribution in [0, 0.1) is 5.92 Å². The highest BCUT2D eigenvalue weighted by Gasteiger charge is 2.40. The second-order valence-electron chi connectivity index (χ2n) is 9.00. The van der Waals surface area contributed by atoms with E-state index in [0.29, 0.717) is 25.7 Å². The van der Waals surface area contributed by atoms with Crippen LogP contribution in [0.5, 0.6) is 0 Å². The molecular weight excluding hydrogens is 451 g/mol. The largest absolute Gasteiger partial charge is 0.379 e. The van der Waals surface area contributed by atoms with E-state index >= 15 is 0 Å². The maximum absolute atomic E-state index is 13.1. The van der Waals surface area contributed by atoms with Crippen molar-refractivity contribution in [2.45, 2.75) is 105 Å². The van der Waals surface area contributed by atoms with E-state index in [1.165, 1.54) is 0 Å². The summed E-state index contributed by atoms with van der Waals surface area (Å²) in [6.07, 6.45) is 6.34. The Kier molecular flexibility index (Phi) is 8.72. The summed E-state index contributed by atoms with van der Waals surface area (Å²) in [5.41, 5.74) is 0. The lowest BCUT2D eigenvalue weighted by Crippen LogP contribution is -2.50. The van der Waals surface area contributed by atoms with Crippen LogP contribution in [-0.4, -0.2) is 61.8 Å². The predicted octanol–water partition coefficient (Wildman–Crippen LogP) is 2.67. The number of hydrogen-bond donors (Lipinski definition) is 2. The molecule has 3 rings (SSSR count). The van der Waals surface area contributed by atoms with Crippen LogP contribution in [0.3, 0.4) is 0 Å². The molecule has 3 aliphatic rings. The van der Waals surface area contributed by atoms with Gasteiger partial charge in [0.25, 0.3) is 0 Å². The Morgan fingerprint density at radius 1 is 0.933 bits per heavy atom. The van der Waals surface area contributed by atoms with Gasteiger partial charge >= 0.3 is 0 Å². The van der Waals surface area contributed by atoms with Crippen molar-refractivity contribution in [2.24, 2.45) is 11.1 Å². The number of methoxy groups -OCH3 is 1. The highest BCUT2D eigenvalue weighted by atomic mass is 35.5. The number of amides is 1. The quantitative estimate of drug-likeness (QED) is 0.563. The number of alkyl halides is 2. The van der Waals surface area contributed by atoms with Gasteiger partial charge in [0, 0.05) is 23.9 Å². The van der Waals surface area contributed by atoms with Crippen LogP contribution in [0.4, 0.5) is 0 Å². The Hall–Kier alpha value is -0.120. The Labute approximate surface area is 189 Å². The molecule has 0 spiro atoms. The van der Waals surface area contributed by atoms with Crippen molar-refractivity contribution in [2.75, 3.05) is 7.11 Å². The van der Waals surface area contributed by atoms with Gasteiger partial charge in [-0.2, -0.15) is 0 Å². The molecule has 0 aromatic carbocycles. The monoisotopic (exact) mass is 484 g/mol. The van der Waals surface area contributed by atoms with E-state index in [-0.39, 0.29) is 46.9 Å². The lowest BCUT2D eigenvalue weighted by atomic mass is 9.84. The Morgan fingerprint density at radius 3 is 2.27 bits per heavy atom. The molecule has 8 atom stereocenters. The minimum atomic E-state index is -3.59. The first kappa shape index (κ1) is 24.5. The summed E-state index contributed by atoms with van der Waals surface area (Å²) in [6.45, 7) is 0. The van der Waals surface area contributed by atoms with Crippen molar-refractivity contribution in [3.05, 3.63) is 0 Å². The first-order valence-electron chi connectivity index (χ1n) is 11.0. The van der Waals surface area contributed by atoms with Gasteiger partial charge in [0.1, 0.15) is 0 Å². The van der Waals surface area contributed by atoms with Gasteiger partial charge in [0.15, 0.2) is 0 Å². The molecule has 30 heavy (non-hydrogen) atoms. The molecule has 3 saturated carbocycles. The third-order valence-corrected chi connectivity index (χ3v) is 8.97. The van der Waals surface area contributed by atoms with Crippen molar-refractivity contribution in [1.29, 1.82) is 0 Å². The van der Waals surface area contributed by atoms with Gasteiger partial charge in [0.05, 0.1) is 29.5 Å². The molecule has 0 aromatic heterocycles. The second-order valence-corrected chi connectivity index (χ2v) is 12.1. The van der Waals surface area contributed by atoms with Gasteiger partial charge in [0.2, 0.25) is 15.9 Å². The minimum absolute atomic E-state index is 0.0224. The zero-order valence-electron chi connectivity index (χ0n) is 17.5. The Balaban J connectivity index is 1.62. The molecule has 3 N–H and O–H groups in total. The smallest absolute Gasteiger partial charge is 0.225 e. The average molecular weight is 485 g/mol. The standard InChI is InChI=1S/C20H34Cl2N2O5S/c1-28-19-10-13(22)6-8-17(19)29-18-9-12(21)5-7-16(18)20(25)24-14-3-2-4-15(11-14)30(23,26)27/h12-19H,2-11H2,1H3,(H,24,25)(H2,23,26,27). The summed E-state index contributed by atoms with van der Waals surface area (Å²) in [6, 6.07) is -0.178. The van der Waals surface area contributed by atoms with Crippen LogP contribution in [-0.2, 0) is 24.3 Å². The summed E-state index contributed by atoms with van der Waals surface area (Å²) in [7, 11) is -1.93. The molecule has 0 aromatic rings. The van der Waals surface area contributed by atoms with Crippen molar-refractivity contribution in [3.63, 3.8) is 0 Å². The average Bonchev–Trinajstić information content (AvgIpc) is 2.69. The van der Waals surface area contributed by atoms with E-state index in [2.05, 4.69) is 5.32 Å². The Morgan fingerprint density at radius 2 is 1.60 bits per heavy atom. The topological polar surface area (TPSA) is 108 Å². The molecule has 174 valence electrons. The predicted molar refractivity (Wildman–Crippen MR) is 117 cm³/mol. The molecule has 0 bridgehead atoms. The number of nitrogens with one attached hydrogen (secondary N) is 1. The number of halogens is 2. The van der Waals surface area contributed by atoms with Crippen LogP contribution in [0.25, 0.3) is 0 Å². The van der Waals surface area contributed by atoms with Gasteiger partial charge < -0.3 is 14.8 Å². The number of hydrogen-bond acceptors (Lipinski definition) is 5. The van der Waals surface area contributed by atoms with Gasteiger partial charge in [-0.3, -0.25) is 4.79 Å². The molecular formula is C20H34Cl2N2O5S. The van der Waals surface area contributed by atoms with Crippen LogP contribution in [0.15, 0.2) is 0 Å². The lowest BCUT2D eigenvalue weighted by molar-refractivity contribution is -0.149. The van der Waals surface area contributed by atoms with Gasteiger partial charge in [-0.1, -0.05) is 6.42 Å². The van der Waals surface area contributed by atoms with Crippen molar-refractivity contribution >= 4 is 39.1 Å². The molecule has 1 amide bonds. The first-order chi connectivity index (χ1) is 14.2. The summed E-state index contributed by atoms with van der Waals surface area (Å²) >= 11 is 12.7. The van der Waals surface area contributed by atoms with E-state index < -0.39 is 15.3 Å². The highest BCUT2D eigenvalue weighted by molar-refractivity contribution is 7.89. The highest BCUT2D eigenvalue weighted by Crippen LogP contribution is 2.35. The van der Waals surface area contributed by atoms with Crippen LogP contribution in [0.2, 0.25) is 0 Å². The number of carbonyl (C=O) groups is 1. The number of ether oxygens (including phenoxy) is 2. The fourth-order valence-electron chi connectivity index (χ4n) is 5.09. The van der Waals surface area contributed by atoms with E-state index in [9.17, 15) is 13.2 Å². The fourth-order valence-corrected chi connectivity index (χ4v) is 6.69. The zero-order valence-corrected chi connectivity index (χ0v) is 19.8. The van der Waals surface area contributed by atoms with Gasteiger partial charge in [-0.15, -0.1) is 23.2 Å². The van der Waals surface area contributed by atoms with Gasteiger partial charge in [-0.05, 0) is 57.8 Å².